The lowest BCUT2D eigenvalue weighted by Gasteiger charge is -2.10. The van der Waals surface area contributed by atoms with Crippen LogP contribution < -0.4 is 16.4 Å². The topological polar surface area (TPSA) is 92.9 Å². The lowest BCUT2D eigenvalue weighted by molar-refractivity contribution is -0.137. The summed E-state index contributed by atoms with van der Waals surface area (Å²) in [4.78, 5) is 19.1. The van der Waals surface area contributed by atoms with E-state index in [1.807, 2.05) is 0 Å². The van der Waals surface area contributed by atoms with Crippen molar-refractivity contribution >= 4 is 35.0 Å². The monoisotopic (exact) mass is 345 g/mol. The molecule has 1 amide bonds. The number of halogens is 4. The van der Waals surface area contributed by atoms with E-state index in [0.29, 0.717) is 0 Å². The average molecular weight is 346 g/mol. The Hall–Kier alpha value is -2.55. The summed E-state index contributed by atoms with van der Waals surface area (Å²) in [5, 5.41) is 5.04. The number of nitrogens with one attached hydrogen (secondary N) is 2. The molecule has 0 aliphatic rings. The number of nitrogens with two attached hydrogens (primary N) is 1. The molecule has 122 valence electrons. The van der Waals surface area contributed by atoms with Gasteiger partial charge >= 0.3 is 6.18 Å². The quantitative estimate of drug-likeness (QED) is 0.741. The molecular formula is C13H11ClF3N5O. The van der Waals surface area contributed by atoms with Gasteiger partial charge < -0.3 is 16.4 Å². The van der Waals surface area contributed by atoms with Crippen LogP contribution in [0.5, 0.6) is 0 Å². The predicted molar refractivity (Wildman–Crippen MR) is 80.0 cm³/mol. The lowest BCUT2D eigenvalue weighted by Crippen LogP contribution is -2.22. The molecule has 0 atom stereocenters. The Bertz CT molecular complexity index is 703. The smallest absolute Gasteiger partial charge is 0.376 e. The second-order valence-electron chi connectivity index (χ2n) is 4.41. The van der Waals surface area contributed by atoms with Gasteiger partial charge in [-0.2, -0.15) is 18.2 Å². The van der Waals surface area contributed by atoms with E-state index >= 15 is 0 Å². The summed E-state index contributed by atoms with van der Waals surface area (Å²) in [6.07, 6.45) is -4.45. The fraction of sp³-hybridized carbons (Fsp3) is 0.154. The zero-order valence-corrected chi connectivity index (χ0v) is 12.2. The third-order valence-electron chi connectivity index (χ3n) is 2.62. The van der Waals surface area contributed by atoms with Gasteiger partial charge in [-0.15, -0.1) is 0 Å². The van der Waals surface area contributed by atoms with Crippen LogP contribution in [0.1, 0.15) is 5.56 Å². The maximum atomic E-state index is 12.6. The maximum Gasteiger partial charge on any atom is 0.416 e. The van der Waals surface area contributed by atoms with E-state index in [2.05, 4.69) is 20.6 Å². The number of rotatable bonds is 4. The Labute approximate surface area is 133 Å². The third kappa shape index (κ3) is 4.99. The first-order chi connectivity index (χ1) is 10.7. The van der Waals surface area contributed by atoms with Crippen LogP contribution in [0.4, 0.5) is 30.6 Å². The van der Waals surface area contributed by atoms with Gasteiger partial charge in [-0.05, 0) is 18.2 Å². The number of amides is 1. The molecule has 1 aromatic heterocycles. The van der Waals surface area contributed by atoms with Crippen molar-refractivity contribution in [3.05, 3.63) is 41.0 Å². The van der Waals surface area contributed by atoms with Crippen LogP contribution in [-0.4, -0.2) is 22.4 Å². The molecule has 1 heterocycles. The Morgan fingerprint density at radius 1 is 1.26 bits per heavy atom. The molecule has 0 aliphatic heterocycles. The highest BCUT2D eigenvalue weighted by atomic mass is 35.5. The molecule has 2 rings (SSSR count). The van der Waals surface area contributed by atoms with E-state index < -0.39 is 17.6 Å². The summed E-state index contributed by atoms with van der Waals surface area (Å²) in [6.45, 7) is -0.261. The van der Waals surface area contributed by atoms with Gasteiger partial charge in [0.2, 0.25) is 11.9 Å². The highest BCUT2D eigenvalue weighted by molar-refractivity contribution is 6.29. The van der Waals surface area contributed by atoms with Crippen LogP contribution in [0.25, 0.3) is 0 Å². The number of hydrogen-bond donors (Lipinski definition) is 3. The largest absolute Gasteiger partial charge is 0.416 e. The molecule has 0 aliphatic carbocycles. The summed E-state index contributed by atoms with van der Waals surface area (Å²) in [5.74, 6) is -0.548. The first-order valence-corrected chi connectivity index (χ1v) is 6.63. The van der Waals surface area contributed by atoms with Gasteiger partial charge in [0.15, 0.2) is 0 Å². The highest BCUT2D eigenvalue weighted by Gasteiger charge is 2.30. The summed E-state index contributed by atoms with van der Waals surface area (Å²) in [5.41, 5.74) is 4.73. The third-order valence-corrected chi connectivity index (χ3v) is 2.82. The zero-order chi connectivity index (χ0) is 17.0. The SMILES string of the molecule is Nc1nc(Cl)cc(NC(=O)CNc2cccc(C(F)(F)F)c2)n1. The van der Waals surface area contributed by atoms with E-state index in [-0.39, 0.29) is 29.2 Å². The number of anilines is 3. The molecule has 2 aromatic rings. The van der Waals surface area contributed by atoms with Crippen molar-refractivity contribution in [2.75, 3.05) is 22.9 Å². The minimum atomic E-state index is -4.45. The van der Waals surface area contributed by atoms with Gasteiger partial charge in [0.1, 0.15) is 11.0 Å². The molecule has 0 unspecified atom stereocenters. The average Bonchev–Trinajstić information content (AvgIpc) is 2.43. The maximum absolute atomic E-state index is 12.6. The molecule has 4 N–H and O–H groups in total. The first kappa shape index (κ1) is 16.8. The lowest BCUT2D eigenvalue weighted by atomic mass is 10.2. The van der Waals surface area contributed by atoms with E-state index in [1.165, 1.54) is 18.2 Å². The highest BCUT2D eigenvalue weighted by Crippen LogP contribution is 2.30. The molecule has 6 nitrogen and oxygen atoms in total. The molecular weight excluding hydrogens is 335 g/mol. The normalized spacial score (nSPS) is 11.1. The van der Waals surface area contributed by atoms with Crippen molar-refractivity contribution in [2.45, 2.75) is 6.18 Å². The Morgan fingerprint density at radius 2 is 2.00 bits per heavy atom. The molecule has 0 saturated heterocycles. The van der Waals surface area contributed by atoms with Crippen molar-refractivity contribution in [3.8, 4) is 0 Å². The van der Waals surface area contributed by atoms with Crippen LogP contribution in [0.15, 0.2) is 30.3 Å². The van der Waals surface area contributed by atoms with Crippen molar-refractivity contribution < 1.29 is 18.0 Å². The van der Waals surface area contributed by atoms with Crippen molar-refractivity contribution in [1.29, 1.82) is 0 Å². The Balaban J connectivity index is 1.97. The van der Waals surface area contributed by atoms with E-state index in [1.54, 1.807) is 0 Å². The molecule has 0 radical (unpaired) electrons. The number of alkyl halides is 3. The summed E-state index contributed by atoms with van der Waals surface area (Å²) >= 11 is 5.66. The summed E-state index contributed by atoms with van der Waals surface area (Å²) in [6, 6.07) is 5.81. The van der Waals surface area contributed by atoms with Gasteiger partial charge in [0, 0.05) is 11.8 Å². The van der Waals surface area contributed by atoms with E-state index in [9.17, 15) is 18.0 Å². The standard InChI is InChI=1S/C13H11ClF3N5O/c14-9-5-10(22-12(18)20-9)21-11(23)6-19-8-3-1-2-7(4-8)13(15,16)17/h1-5,19H,6H2,(H3,18,20,21,22,23). The van der Waals surface area contributed by atoms with Crippen LogP contribution >= 0.6 is 11.6 Å². The van der Waals surface area contributed by atoms with Crippen molar-refractivity contribution in [2.24, 2.45) is 0 Å². The predicted octanol–water partition coefficient (Wildman–Crippen LogP) is 2.78. The number of carbonyl (C=O) groups is 1. The molecule has 10 heteroatoms. The van der Waals surface area contributed by atoms with Crippen molar-refractivity contribution in [3.63, 3.8) is 0 Å². The molecule has 0 spiro atoms. The van der Waals surface area contributed by atoms with Gasteiger partial charge in [-0.25, -0.2) is 4.98 Å². The number of nitrogens with zero attached hydrogens (tertiary/aromatic N) is 2. The minimum Gasteiger partial charge on any atom is -0.376 e. The van der Waals surface area contributed by atoms with Gasteiger partial charge in [0.25, 0.3) is 0 Å². The van der Waals surface area contributed by atoms with Gasteiger partial charge in [-0.3, -0.25) is 4.79 Å². The van der Waals surface area contributed by atoms with Crippen LogP contribution in [-0.2, 0) is 11.0 Å². The van der Waals surface area contributed by atoms with Gasteiger partial charge in [-0.1, -0.05) is 17.7 Å². The number of hydrogen-bond acceptors (Lipinski definition) is 5. The van der Waals surface area contributed by atoms with Crippen LogP contribution in [0.3, 0.4) is 0 Å². The molecule has 23 heavy (non-hydrogen) atoms. The van der Waals surface area contributed by atoms with E-state index in [0.717, 1.165) is 12.1 Å². The van der Waals surface area contributed by atoms with Crippen LogP contribution in [0.2, 0.25) is 5.15 Å². The Morgan fingerprint density at radius 3 is 2.65 bits per heavy atom. The zero-order valence-electron chi connectivity index (χ0n) is 11.5. The second-order valence-corrected chi connectivity index (χ2v) is 4.80. The number of benzene rings is 1. The summed E-state index contributed by atoms with van der Waals surface area (Å²) < 4.78 is 37.8. The van der Waals surface area contributed by atoms with Crippen LogP contribution in [0, 0.1) is 0 Å². The summed E-state index contributed by atoms with van der Waals surface area (Å²) in [7, 11) is 0. The molecule has 0 fully saturated rings. The minimum absolute atomic E-state index is 0.0543. The van der Waals surface area contributed by atoms with E-state index in [4.69, 9.17) is 17.3 Å². The number of nitrogen functional groups attached to an aromatic ring is 1. The second kappa shape index (κ2) is 6.69. The molecule has 0 saturated carbocycles. The van der Waals surface area contributed by atoms with Crippen molar-refractivity contribution in [1.82, 2.24) is 9.97 Å². The first-order valence-electron chi connectivity index (χ1n) is 6.25. The van der Waals surface area contributed by atoms with Gasteiger partial charge in [0.05, 0.1) is 12.1 Å². The number of aromatic nitrogens is 2. The number of carbonyl (C=O) groups excluding carboxylic acids is 1. The fourth-order valence-corrected chi connectivity index (χ4v) is 1.86. The fourth-order valence-electron chi connectivity index (χ4n) is 1.67. The Kier molecular flexibility index (Phi) is 4.89. The molecule has 0 bridgehead atoms. The molecule has 1 aromatic carbocycles.